The first-order valence-electron chi connectivity index (χ1n) is 30.6. The van der Waals surface area contributed by atoms with Gasteiger partial charge in [0.05, 0.1) is 54.8 Å². The summed E-state index contributed by atoms with van der Waals surface area (Å²) in [5, 5.41) is 18.5. The van der Waals surface area contributed by atoms with Crippen molar-refractivity contribution in [2.45, 2.75) is 103 Å². The number of fused-ring (bicyclic) bond motifs is 2. The van der Waals surface area contributed by atoms with Crippen LogP contribution in [0.25, 0.3) is 44.1 Å². The SMILES string of the molecule is C=CC(=O)N1CCN(c2nc(NCCC(=O)N(C)CCOCCOCCOc3ccc(-c4csc([C@@H]5CCCN5C(=O)[C@@H](CC(=O)[C@H](C)N(C)C(=O)OC(C)(C)C)C5CCCCC5)n4)c4ccccc34)nc3c(F)c(-c4c(O)cccc4F)c(Cl)cc23)CC1. The third-order valence-electron chi connectivity index (χ3n) is 16.8. The number of piperazine rings is 1. The van der Waals surface area contributed by atoms with Gasteiger partial charge in [0.2, 0.25) is 23.7 Å². The molecule has 19 nitrogen and oxygen atoms in total. The molecule has 3 atom stereocenters. The van der Waals surface area contributed by atoms with Gasteiger partial charge in [-0.3, -0.25) is 19.2 Å². The second kappa shape index (κ2) is 29.9. The number of rotatable bonds is 25. The third-order valence-corrected chi connectivity index (χ3v) is 18.1. The molecule has 476 valence electrons. The topological polar surface area (TPSA) is 209 Å². The lowest BCUT2D eigenvalue weighted by molar-refractivity contribution is -0.142. The maximum atomic E-state index is 16.6. The van der Waals surface area contributed by atoms with E-state index in [0.717, 1.165) is 78.0 Å². The van der Waals surface area contributed by atoms with E-state index in [2.05, 4.69) is 16.9 Å². The van der Waals surface area contributed by atoms with Crippen molar-refractivity contribution in [1.82, 2.24) is 34.6 Å². The Hall–Kier alpha value is -7.53. The second-order valence-electron chi connectivity index (χ2n) is 23.9. The summed E-state index contributed by atoms with van der Waals surface area (Å²) in [6, 6.07) is 16.1. The van der Waals surface area contributed by atoms with Crippen LogP contribution in [0.4, 0.5) is 25.3 Å². The zero-order valence-electron chi connectivity index (χ0n) is 51.5. The Balaban J connectivity index is 0.734. The van der Waals surface area contributed by atoms with Gasteiger partial charge in [-0.1, -0.05) is 67.8 Å². The summed E-state index contributed by atoms with van der Waals surface area (Å²) < 4.78 is 55.1. The monoisotopic (exact) mass is 1260 g/mol. The molecule has 89 heavy (non-hydrogen) atoms. The van der Waals surface area contributed by atoms with Crippen LogP contribution in [-0.4, -0.2) is 174 Å². The molecule has 0 radical (unpaired) electrons. The number of ether oxygens (including phenoxy) is 4. The molecular weight excluding hydrogens is 1180 g/mol. The first kappa shape index (κ1) is 65.9. The number of amides is 4. The molecule has 2 N–H and O–H groups in total. The Morgan fingerprint density at radius 1 is 0.854 bits per heavy atom. The highest BCUT2D eigenvalue weighted by Crippen LogP contribution is 2.44. The molecular formula is C66H80ClF2N9O10S. The normalized spacial score (nSPS) is 16.3. The van der Waals surface area contributed by atoms with Gasteiger partial charge in [-0.05, 0) is 101 Å². The van der Waals surface area contributed by atoms with Crippen LogP contribution in [0, 0.1) is 23.5 Å². The van der Waals surface area contributed by atoms with E-state index in [0.29, 0.717) is 70.7 Å². The minimum atomic E-state index is -0.967. The van der Waals surface area contributed by atoms with Crippen molar-refractivity contribution in [3.05, 3.63) is 100 Å². The first-order chi connectivity index (χ1) is 42.7. The molecule has 0 bridgehead atoms. The Morgan fingerprint density at radius 2 is 1.57 bits per heavy atom. The van der Waals surface area contributed by atoms with Crippen LogP contribution in [0.5, 0.6) is 11.5 Å². The summed E-state index contributed by atoms with van der Waals surface area (Å²) >= 11 is 8.15. The maximum absolute atomic E-state index is 16.6. The number of nitrogens with zero attached hydrogens (tertiary/aromatic N) is 8. The van der Waals surface area contributed by atoms with Gasteiger partial charge in [0.1, 0.15) is 45.9 Å². The number of benzene rings is 4. The predicted molar refractivity (Wildman–Crippen MR) is 340 cm³/mol. The lowest BCUT2D eigenvalue weighted by Crippen LogP contribution is -2.48. The summed E-state index contributed by atoms with van der Waals surface area (Å²) in [7, 11) is 3.24. The molecule has 4 amide bonds. The van der Waals surface area contributed by atoms with Crippen molar-refractivity contribution in [2.24, 2.45) is 11.8 Å². The Kier molecular flexibility index (Phi) is 22.1. The molecule has 2 aromatic heterocycles. The number of phenols is 1. The van der Waals surface area contributed by atoms with Crippen LogP contribution in [0.15, 0.2) is 78.7 Å². The van der Waals surface area contributed by atoms with E-state index < -0.39 is 46.6 Å². The van der Waals surface area contributed by atoms with Crippen LogP contribution in [-0.2, 0) is 33.4 Å². The third kappa shape index (κ3) is 15.9. The van der Waals surface area contributed by atoms with Gasteiger partial charge in [0, 0.05) is 106 Å². The van der Waals surface area contributed by atoms with Crippen LogP contribution in [0.3, 0.4) is 0 Å². The molecule has 1 saturated carbocycles. The number of Topliss-reactive ketones (excluding diaryl/α,β-unsaturated/α-hetero) is 1. The van der Waals surface area contributed by atoms with Gasteiger partial charge in [-0.2, -0.15) is 4.98 Å². The summed E-state index contributed by atoms with van der Waals surface area (Å²) in [5.41, 5.74) is 0.0958. The lowest BCUT2D eigenvalue weighted by atomic mass is 9.76. The number of aromatic hydroxyl groups is 1. The zero-order valence-corrected chi connectivity index (χ0v) is 53.1. The van der Waals surface area contributed by atoms with E-state index >= 15 is 8.78 Å². The van der Waals surface area contributed by atoms with Gasteiger partial charge in [-0.15, -0.1) is 11.3 Å². The van der Waals surface area contributed by atoms with Crippen molar-refractivity contribution in [3.8, 4) is 33.9 Å². The number of ketones is 1. The fourth-order valence-corrected chi connectivity index (χ4v) is 13.1. The number of anilines is 2. The van der Waals surface area contributed by atoms with Crippen LogP contribution < -0.4 is 15.0 Å². The van der Waals surface area contributed by atoms with Gasteiger partial charge in [0.15, 0.2) is 11.6 Å². The number of halogens is 3. The summed E-state index contributed by atoms with van der Waals surface area (Å²) in [4.78, 5) is 89.8. The first-order valence-corrected chi connectivity index (χ1v) is 31.8. The van der Waals surface area contributed by atoms with E-state index in [1.807, 2.05) is 51.6 Å². The Labute approximate surface area is 527 Å². The van der Waals surface area contributed by atoms with Crippen molar-refractivity contribution in [3.63, 3.8) is 0 Å². The van der Waals surface area contributed by atoms with Crippen molar-refractivity contribution >= 4 is 86.0 Å². The molecule has 0 spiro atoms. The summed E-state index contributed by atoms with van der Waals surface area (Å²) in [6.45, 7) is 14.5. The lowest BCUT2D eigenvalue weighted by Gasteiger charge is -2.35. The molecule has 6 aromatic rings. The molecule has 3 aliphatic rings. The molecule has 4 heterocycles. The van der Waals surface area contributed by atoms with E-state index in [1.54, 1.807) is 58.0 Å². The fourth-order valence-electron chi connectivity index (χ4n) is 11.9. The number of likely N-dealkylation sites (tertiary alicyclic amines) is 1. The van der Waals surface area contributed by atoms with Crippen LogP contribution in [0.2, 0.25) is 5.02 Å². The summed E-state index contributed by atoms with van der Waals surface area (Å²) in [6.07, 6.45) is 7.36. The number of likely N-dealkylation sites (N-methyl/N-ethyl adjacent to an activating group) is 2. The maximum Gasteiger partial charge on any atom is 0.410 e. The molecule has 2 saturated heterocycles. The largest absolute Gasteiger partial charge is 0.507 e. The van der Waals surface area contributed by atoms with E-state index in [-0.39, 0.29) is 95.5 Å². The Morgan fingerprint density at radius 3 is 2.29 bits per heavy atom. The van der Waals surface area contributed by atoms with Gasteiger partial charge < -0.3 is 53.9 Å². The Bertz CT molecular complexity index is 3520. The molecule has 9 rings (SSSR count). The smallest absolute Gasteiger partial charge is 0.410 e. The quantitative estimate of drug-likeness (QED) is 0.0403. The van der Waals surface area contributed by atoms with E-state index in [1.165, 1.54) is 34.1 Å². The number of carbonyl (C=O) groups is 5. The molecule has 3 fully saturated rings. The van der Waals surface area contributed by atoms with Crippen molar-refractivity contribution in [1.29, 1.82) is 0 Å². The fraction of sp³-hybridized carbons (Fsp3) is 0.485. The van der Waals surface area contributed by atoms with Gasteiger partial charge in [0.25, 0.3) is 0 Å². The standard InChI is InChI=1S/C66H80ClF2N9O10S/c1-8-55(81)76-28-30-77(31-29-76)61-47-38-48(67)57(58-49(68)20-14-22-52(58)79)59(69)60(47)72-64(73-61)70-26-25-56(82)74(6)32-33-85-34-35-86-36-37-87-54-24-23-44(43-18-12-13-19-45(43)54)50-40-89-62(71-50)51-21-15-27-78(51)63(83)46(42-16-10-9-11-17-42)39-53(80)41(2)75(7)65(84)88-66(3,4)5/h8,12-14,18-20,22-24,38,40-42,46,51,79H,1,9-11,15-17,21,25-37,39H2,2-7H3,(H,70,72,73)/t41-,46-,51-/m0/s1. The number of phenolic OH excluding ortho intramolecular Hbond substituents is 1. The number of aromatic nitrogens is 3. The molecule has 2 aliphatic heterocycles. The number of hydrogen-bond acceptors (Lipinski definition) is 16. The molecule has 0 unspecified atom stereocenters. The second-order valence-corrected chi connectivity index (χ2v) is 25.2. The highest BCUT2D eigenvalue weighted by molar-refractivity contribution is 7.10. The number of hydrogen-bond donors (Lipinski definition) is 2. The van der Waals surface area contributed by atoms with Gasteiger partial charge in [-0.25, -0.2) is 23.5 Å². The van der Waals surface area contributed by atoms with Crippen LogP contribution in [0.1, 0.15) is 96.5 Å². The van der Waals surface area contributed by atoms with Crippen LogP contribution >= 0.6 is 22.9 Å². The van der Waals surface area contributed by atoms with E-state index in [9.17, 15) is 29.1 Å². The minimum Gasteiger partial charge on any atom is -0.507 e. The minimum absolute atomic E-state index is 0.00209. The highest BCUT2D eigenvalue weighted by atomic mass is 35.5. The number of carbonyl (C=O) groups excluding carboxylic acids is 5. The average Bonchev–Trinajstić information content (AvgIpc) is 1.22. The van der Waals surface area contributed by atoms with Gasteiger partial charge >= 0.3 is 6.09 Å². The summed E-state index contributed by atoms with van der Waals surface area (Å²) in [5.74, 6) is -2.26. The molecule has 4 aromatic carbocycles. The number of nitrogens with one attached hydrogen (secondary N) is 1. The zero-order chi connectivity index (χ0) is 63.5. The predicted octanol–water partition coefficient (Wildman–Crippen LogP) is 11.5. The average molecular weight is 1260 g/mol. The van der Waals surface area contributed by atoms with Crippen molar-refractivity contribution < 1.29 is 56.8 Å². The van der Waals surface area contributed by atoms with E-state index in [4.69, 9.17) is 40.5 Å². The number of thiazole rings is 1. The van der Waals surface area contributed by atoms with Crippen molar-refractivity contribution in [2.75, 3.05) is 103 Å². The highest BCUT2D eigenvalue weighted by Gasteiger charge is 2.41. The molecule has 1 aliphatic carbocycles. The molecule has 23 heteroatoms.